The first-order valence-electron chi connectivity index (χ1n) is 5.54. The van der Waals surface area contributed by atoms with Gasteiger partial charge < -0.3 is 5.73 Å². The molecular weight excluding hydrogens is 311 g/mol. The number of hydrogen-bond acceptors (Lipinski definition) is 3. The van der Waals surface area contributed by atoms with Crippen molar-refractivity contribution < 1.29 is 12.8 Å². The summed E-state index contributed by atoms with van der Waals surface area (Å²) in [5.41, 5.74) is 5.47. The lowest BCUT2D eigenvalue weighted by molar-refractivity contribution is 0.564. The second-order valence-electron chi connectivity index (χ2n) is 3.94. The van der Waals surface area contributed by atoms with Crippen LogP contribution in [0, 0.1) is 5.82 Å². The average molecular weight is 325 g/mol. The lowest BCUT2D eigenvalue weighted by Crippen LogP contribution is -2.43. The third-order valence-electron chi connectivity index (χ3n) is 2.40. The van der Waals surface area contributed by atoms with Gasteiger partial charge in [0.1, 0.15) is 10.7 Å². The van der Waals surface area contributed by atoms with Crippen LogP contribution >= 0.6 is 23.8 Å². The number of halogens is 2. The Hall–Kier alpha value is -0.760. The zero-order chi connectivity index (χ0) is 14.6. The van der Waals surface area contributed by atoms with Gasteiger partial charge in [0, 0.05) is 0 Å². The Labute approximate surface area is 122 Å². The molecule has 0 bridgehead atoms. The summed E-state index contributed by atoms with van der Waals surface area (Å²) in [6.45, 7) is 1.87. The lowest BCUT2D eigenvalue weighted by Gasteiger charge is -2.17. The Bertz CT molecular complexity index is 578. The van der Waals surface area contributed by atoms with Crippen molar-refractivity contribution in [1.29, 1.82) is 0 Å². The smallest absolute Gasteiger partial charge is 0.242 e. The van der Waals surface area contributed by atoms with Gasteiger partial charge in [-0.15, -0.1) is 0 Å². The van der Waals surface area contributed by atoms with E-state index in [2.05, 4.69) is 4.72 Å². The van der Waals surface area contributed by atoms with E-state index in [1.54, 1.807) is 0 Å². The molecule has 1 aromatic rings. The van der Waals surface area contributed by atoms with Crippen LogP contribution in [-0.2, 0) is 10.0 Å². The largest absolute Gasteiger partial charge is 0.392 e. The Morgan fingerprint density at radius 2 is 2.21 bits per heavy atom. The van der Waals surface area contributed by atoms with Crippen molar-refractivity contribution >= 4 is 38.8 Å². The van der Waals surface area contributed by atoms with Crippen molar-refractivity contribution in [3.63, 3.8) is 0 Å². The molecule has 0 aliphatic carbocycles. The van der Waals surface area contributed by atoms with Crippen molar-refractivity contribution in [1.82, 2.24) is 4.72 Å². The van der Waals surface area contributed by atoms with Crippen LogP contribution in [-0.4, -0.2) is 19.4 Å². The van der Waals surface area contributed by atoms with Gasteiger partial charge >= 0.3 is 0 Å². The van der Waals surface area contributed by atoms with E-state index >= 15 is 0 Å². The van der Waals surface area contributed by atoms with Crippen molar-refractivity contribution in [2.24, 2.45) is 5.73 Å². The van der Waals surface area contributed by atoms with Gasteiger partial charge in [-0.1, -0.05) is 37.2 Å². The molecule has 19 heavy (non-hydrogen) atoms. The van der Waals surface area contributed by atoms with Crippen LogP contribution in [0.15, 0.2) is 23.1 Å². The van der Waals surface area contributed by atoms with Crippen LogP contribution in [0.4, 0.5) is 4.39 Å². The third-order valence-corrected chi connectivity index (χ3v) is 4.64. The van der Waals surface area contributed by atoms with Gasteiger partial charge in [0.15, 0.2) is 0 Å². The van der Waals surface area contributed by atoms with Crippen molar-refractivity contribution in [3.8, 4) is 0 Å². The number of thiocarbonyl (C=S) groups is 1. The molecule has 0 saturated heterocycles. The van der Waals surface area contributed by atoms with Crippen LogP contribution in [0.2, 0.25) is 5.02 Å². The van der Waals surface area contributed by atoms with Crippen molar-refractivity contribution in [3.05, 3.63) is 29.0 Å². The minimum atomic E-state index is -3.97. The van der Waals surface area contributed by atoms with Crippen molar-refractivity contribution in [2.75, 3.05) is 0 Å². The molecule has 1 aromatic carbocycles. The van der Waals surface area contributed by atoms with Crippen LogP contribution in [0.1, 0.15) is 19.8 Å². The summed E-state index contributed by atoms with van der Waals surface area (Å²) in [6, 6.07) is 2.44. The molecule has 0 amide bonds. The normalized spacial score (nSPS) is 13.2. The maximum atomic E-state index is 13.1. The molecule has 1 atom stereocenters. The van der Waals surface area contributed by atoms with Gasteiger partial charge in [-0.05, 0) is 24.6 Å². The molecule has 0 aromatic heterocycles. The van der Waals surface area contributed by atoms with Crippen LogP contribution in [0.3, 0.4) is 0 Å². The molecule has 3 N–H and O–H groups in total. The Kier molecular flexibility index (Phi) is 5.66. The predicted octanol–water partition coefficient (Wildman–Crippen LogP) is 2.21. The molecule has 0 heterocycles. The molecule has 0 fully saturated rings. The van der Waals surface area contributed by atoms with Gasteiger partial charge in [0.05, 0.1) is 16.1 Å². The first kappa shape index (κ1) is 16.3. The number of nitrogens with one attached hydrogen (secondary N) is 1. The highest BCUT2D eigenvalue weighted by Crippen LogP contribution is 2.22. The number of nitrogens with two attached hydrogens (primary N) is 1. The fourth-order valence-electron chi connectivity index (χ4n) is 1.48. The second kappa shape index (κ2) is 6.60. The molecule has 106 valence electrons. The maximum absolute atomic E-state index is 13.1. The zero-order valence-corrected chi connectivity index (χ0v) is 12.6. The molecule has 1 unspecified atom stereocenters. The molecule has 0 aliphatic heterocycles. The van der Waals surface area contributed by atoms with E-state index in [1.807, 2.05) is 6.92 Å². The minimum absolute atomic E-state index is 0.0398. The van der Waals surface area contributed by atoms with Crippen LogP contribution < -0.4 is 10.5 Å². The van der Waals surface area contributed by atoms with E-state index in [9.17, 15) is 12.8 Å². The van der Waals surface area contributed by atoms with Gasteiger partial charge in [0.2, 0.25) is 10.0 Å². The van der Waals surface area contributed by atoms with E-state index in [1.165, 1.54) is 6.07 Å². The highest BCUT2D eigenvalue weighted by atomic mass is 35.5. The van der Waals surface area contributed by atoms with E-state index in [-0.39, 0.29) is 14.9 Å². The fraction of sp³-hybridized carbons (Fsp3) is 0.364. The van der Waals surface area contributed by atoms with Crippen LogP contribution in [0.5, 0.6) is 0 Å². The summed E-state index contributed by atoms with van der Waals surface area (Å²) in [7, 11) is -3.97. The van der Waals surface area contributed by atoms with E-state index in [0.29, 0.717) is 12.8 Å². The van der Waals surface area contributed by atoms with Gasteiger partial charge in [-0.3, -0.25) is 0 Å². The molecule has 0 aliphatic rings. The Morgan fingerprint density at radius 1 is 1.58 bits per heavy atom. The fourth-order valence-corrected chi connectivity index (χ4v) is 3.49. The zero-order valence-electron chi connectivity index (χ0n) is 10.2. The Morgan fingerprint density at radius 3 is 2.74 bits per heavy atom. The summed E-state index contributed by atoms with van der Waals surface area (Å²) in [5.74, 6) is -0.688. The molecule has 0 spiro atoms. The third kappa shape index (κ3) is 4.38. The number of rotatable bonds is 6. The van der Waals surface area contributed by atoms with E-state index in [0.717, 1.165) is 12.1 Å². The molecule has 8 heteroatoms. The SMILES string of the molecule is CCCC(NS(=O)(=O)c1cc(F)ccc1Cl)C(N)=S. The highest BCUT2D eigenvalue weighted by Gasteiger charge is 2.24. The standard InChI is InChI=1S/C11H14ClFN2O2S2/c1-2-3-9(11(14)18)15-19(16,17)10-6-7(13)4-5-8(10)12/h4-6,9,15H,2-3H2,1H3,(H2,14,18). The lowest BCUT2D eigenvalue weighted by atomic mass is 10.2. The maximum Gasteiger partial charge on any atom is 0.242 e. The predicted molar refractivity (Wildman–Crippen MR) is 77.2 cm³/mol. The number of hydrogen-bond donors (Lipinski definition) is 2. The van der Waals surface area contributed by atoms with Gasteiger partial charge in [-0.25, -0.2) is 17.5 Å². The molecule has 0 radical (unpaired) electrons. The molecule has 0 saturated carbocycles. The van der Waals surface area contributed by atoms with Gasteiger partial charge in [-0.2, -0.15) is 0 Å². The first-order valence-corrected chi connectivity index (χ1v) is 7.81. The monoisotopic (exact) mass is 324 g/mol. The quantitative estimate of drug-likeness (QED) is 0.787. The number of benzene rings is 1. The molecule has 4 nitrogen and oxygen atoms in total. The molecule has 1 rings (SSSR count). The Balaban J connectivity index is 3.10. The molecular formula is C11H14ClFN2O2S2. The summed E-state index contributed by atoms with van der Waals surface area (Å²) < 4.78 is 39.7. The summed E-state index contributed by atoms with van der Waals surface area (Å²) >= 11 is 10.6. The average Bonchev–Trinajstić information content (AvgIpc) is 2.31. The highest BCUT2D eigenvalue weighted by molar-refractivity contribution is 7.89. The van der Waals surface area contributed by atoms with Gasteiger partial charge in [0.25, 0.3) is 0 Å². The van der Waals surface area contributed by atoms with E-state index in [4.69, 9.17) is 29.6 Å². The second-order valence-corrected chi connectivity index (χ2v) is 6.50. The summed E-state index contributed by atoms with van der Waals surface area (Å²) in [6.07, 6.45) is 1.16. The first-order chi connectivity index (χ1) is 8.77. The topological polar surface area (TPSA) is 72.2 Å². The number of sulfonamides is 1. The minimum Gasteiger partial charge on any atom is -0.392 e. The van der Waals surface area contributed by atoms with Crippen molar-refractivity contribution in [2.45, 2.75) is 30.7 Å². The van der Waals surface area contributed by atoms with E-state index < -0.39 is 21.9 Å². The summed E-state index contributed by atoms with van der Waals surface area (Å²) in [5, 5.41) is -0.0629. The summed E-state index contributed by atoms with van der Waals surface area (Å²) in [4.78, 5) is -0.288. The van der Waals surface area contributed by atoms with Crippen LogP contribution in [0.25, 0.3) is 0 Å².